The zero-order chi connectivity index (χ0) is 13.7. The zero-order valence-electron chi connectivity index (χ0n) is 10.1. The molecule has 0 aromatic heterocycles. The molecular formula is C15H11BrFNO. The number of benzene rings is 2. The molecule has 0 aliphatic heterocycles. The van der Waals surface area contributed by atoms with Crippen molar-refractivity contribution >= 4 is 15.9 Å². The highest BCUT2D eigenvalue weighted by Crippen LogP contribution is 2.25. The Balaban J connectivity index is 2.17. The number of nitrogens with zero attached hydrogens (tertiary/aromatic N) is 1. The van der Waals surface area contributed by atoms with Gasteiger partial charge in [-0.05, 0) is 23.8 Å². The van der Waals surface area contributed by atoms with E-state index in [0.717, 1.165) is 11.1 Å². The van der Waals surface area contributed by atoms with Gasteiger partial charge in [-0.15, -0.1) is 0 Å². The molecule has 0 saturated heterocycles. The molecule has 0 aliphatic rings. The number of rotatable bonds is 4. The number of ether oxygens (including phenoxy) is 1. The van der Waals surface area contributed by atoms with Crippen LogP contribution in [0.15, 0.2) is 42.5 Å². The largest absolute Gasteiger partial charge is 0.486 e. The van der Waals surface area contributed by atoms with Gasteiger partial charge in [0, 0.05) is 10.9 Å². The van der Waals surface area contributed by atoms with E-state index >= 15 is 0 Å². The second-order valence-corrected chi connectivity index (χ2v) is 4.52. The summed E-state index contributed by atoms with van der Waals surface area (Å²) in [6.07, 6.45) is 0. The third kappa shape index (κ3) is 3.33. The molecule has 4 heteroatoms. The number of hydrogen-bond acceptors (Lipinski definition) is 2. The van der Waals surface area contributed by atoms with Crippen LogP contribution in [0.3, 0.4) is 0 Å². The maximum atomic E-state index is 13.7. The standard InChI is InChI=1S/C15H11BrFNO/c16-8-13-5-2-6-14(17)15(13)19-10-12-4-1-3-11(7-12)9-18/h1-7H,8,10H2. The molecule has 0 heterocycles. The van der Waals surface area contributed by atoms with Crippen molar-refractivity contribution in [2.75, 3.05) is 0 Å². The van der Waals surface area contributed by atoms with Crippen LogP contribution in [0.2, 0.25) is 0 Å². The minimum absolute atomic E-state index is 0.233. The summed E-state index contributed by atoms with van der Waals surface area (Å²) >= 11 is 3.30. The Morgan fingerprint density at radius 2 is 2.00 bits per heavy atom. The van der Waals surface area contributed by atoms with Crippen molar-refractivity contribution in [3.05, 3.63) is 65.0 Å². The molecule has 2 aromatic rings. The fraction of sp³-hybridized carbons (Fsp3) is 0.133. The molecule has 19 heavy (non-hydrogen) atoms. The lowest BCUT2D eigenvalue weighted by Crippen LogP contribution is -2.00. The van der Waals surface area contributed by atoms with Crippen LogP contribution < -0.4 is 4.74 Å². The molecule has 0 aliphatic carbocycles. The van der Waals surface area contributed by atoms with E-state index in [1.165, 1.54) is 6.07 Å². The van der Waals surface area contributed by atoms with Crippen molar-refractivity contribution in [3.8, 4) is 11.8 Å². The highest BCUT2D eigenvalue weighted by Gasteiger charge is 2.09. The van der Waals surface area contributed by atoms with Crippen LogP contribution in [0.5, 0.6) is 5.75 Å². The average Bonchev–Trinajstić information content (AvgIpc) is 2.46. The highest BCUT2D eigenvalue weighted by atomic mass is 79.9. The molecule has 0 radical (unpaired) electrons. The van der Waals surface area contributed by atoms with Crippen molar-refractivity contribution < 1.29 is 9.13 Å². The van der Waals surface area contributed by atoms with Crippen LogP contribution in [0.1, 0.15) is 16.7 Å². The maximum absolute atomic E-state index is 13.7. The summed E-state index contributed by atoms with van der Waals surface area (Å²) in [7, 11) is 0. The van der Waals surface area contributed by atoms with Crippen molar-refractivity contribution in [2.24, 2.45) is 0 Å². The van der Waals surface area contributed by atoms with Crippen molar-refractivity contribution in [2.45, 2.75) is 11.9 Å². The topological polar surface area (TPSA) is 33.0 Å². The lowest BCUT2D eigenvalue weighted by atomic mass is 10.1. The van der Waals surface area contributed by atoms with Crippen LogP contribution in [0.25, 0.3) is 0 Å². The second kappa shape index (κ2) is 6.35. The van der Waals surface area contributed by atoms with Gasteiger partial charge in [0.25, 0.3) is 0 Å². The van der Waals surface area contributed by atoms with Gasteiger partial charge in [-0.3, -0.25) is 0 Å². The first-order valence-corrected chi connectivity index (χ1v) is 6.82. The molecule has 2 aromatic carbocycles. The summed E-state index contributed by atoms with van der Waals surface area (Å²) in [4.78, 5) is 0. The lowest BCUT2D eigenvalue weighted by molar-refractivity contribution is 0.288. The van der Waals surface area contributed by atoms with E-state index in [4.69, 9.17) is 10.00 Å². The summed E-state index contributed by atoms with van der Waals surface area (Å²) in [5.41, 5.74) is 2.16. The van der Waals surface area contributed by atoms with Crippen LogP contribution in [0, 0.1) is 17.1 Å². The summed E-state index contributed by atoms with van der Waals surface area (Å²) in [5, 5.41) is 9.34. The second-order valence-electron chi connectivity index (χ2n) is 3.96. The number of para-hydroxylation sites is 1. The first-order valence-electron chi connectivity index (χ1n) is 5.70. The van der Waals surface area contributed by atoms with Crippen molar-refractivity contribution in [1.29, 1.82) is 5.26 Å². The summed E-state index contributed by atoms with van der Waals surface area (Å²) < 4.78 is 19.2. The number of alkyl halides is 1. The van der Waals surface area contributed by atoms with E-state index in [0.29, 0.717) is 10.9 Å². The van der Waals surface area contributed by atoms with Gasteiger partial charge in [-0.2, -0.15) is 5.26 Å². The molecule has 0 amide bonds. The highest BCUT2D eigenvalue weighted by molar-refractivity contribution is 9.08. The Labute approximate surface area is 119 Å². The van der Waals surface area contributed by atoms with Crippen LogP contribution in [-0.2, 0) is 11.9 Å². The van der Waals surface area contributed by atoms with Crippen LogP contribution >= 0.6 is 15.9 Å². The summed E-state index contributed by atoms with van der Waals surface area (Å²) in [6.45, 7) is 0.233. The summed E-state index contributed by atoms with van der Waals surface area (Å²) in [5.74, 6) is -0.130. The molecule has 2 nitrogen and oxygen atoms in total. The molecule has 0 N–H and O–H groups in total. The van der Waals surface area contributed by atoms with Gasteiger partial charge >= 0.3 is 0 Å². The third-order valence-electron chi connectivity index (χ3n) is 2.63. The molecule has 0 fully saturated rings. The van der Waals surface area contributed by atoms with Gasteiger partial charge < -0.3 is 4.74 Å². The van der Waals surface area contributed by atoms with Gasteiger partial charge in [0.15, 0.2) is 11.6 Å². The van der Waals surface area contributed by atoms with E-state index in [1.807, 2.05) is 6.07 Å². The van der Waals surface area contributed by atoms with Gasteiger partial charge in [-0.1, -0.05) is 40.2 Å². The Kier molecular flexibility index (Phi) is 4.53. The smallest absolute Gasteiger partial charge is 0.165 e. The van der Waals surface area contributed by atoms with E-state index in [1.54, 1.807) is 30.3 Å². The third-order valence-corrected chi connectivity index (χ3v) is 3.24. The monoisotopic (exact) mass is 319 g/mol. The van der Waals surface area contributed by atoms with E-state index in [-0.39, 0.29) is 18.2 Å². The number of hydrogen-bond donors (Lipinski definition) is 0. The first-order chi connectivity index (χ1) is 9.24. The van der Waals surface area contributed by atoms with Gasteiger partial charge in [0.05, 0.1) is 11.6 Å². The quantitative estimate of drug-likeness (QED) is 0.792. The molecule has 0 atom stereocenters. The normalized spacial score (nSPS) is 9.95. The molecular weight excluding hydrogens is 309 g/mol. The molecule has 96 valence electrons. The Hall–Kier alpha value is -1.86. The lowest BCUT2D eigenvalue weighted by Gasteiger charge is -2.11. The predicted molar refractivity (Wildman–Crippen MR) is 74.5 cm³/mol. The molecule has 2 rings (SSSR count). The van der Waals surface area contributed by atoms with Crippen LogP contribution in [0.4, 0.5) is 4.39 Å². The van der Waals surface area contributed by atoms with Gasteiger partial charge in [0.1, 0.15) is 6.61 Å². The van der Waals surface area contributed by atoms with E-state index in [2.05, 4.69) is 22.0 Å². The Morgan fingerprint density at radius 1 is 1.21 bits per heavy atom. The summed E-state index contributed by atoms with van der Waals surface area (Å²) in [6, 6.07) is 14.0. The SMILES string of the molecule is N#Cc1cccc(COc2c(F)cccc2CBr)c1. The Bertz CT molecular complexity index is 622. The fourth-order valence-corrected chi connectivity index (χ4v) is 2.15. The fourth-order valence-electron chi connectivity index (χ4n) is 1.71. The van der Waals surface area contributed by atoms with Crippen molar-refractivity contribution in [3.63, 3.8) is 0 Å². The Morgan fingerprint density at radius 3 is 2.74 bits per heavy atom. The molecule has 0 bridgehead atoms. The molecule has 0 unspecified atom stereocenters. The van der Waals surface area contributed by atoms with Crippen molar-refractivity contribution in [1.82, 2.24) is 0 Å². The van der Waals surface area contributed by atoms with Crippen LogP contribution in [-0.4, -0.2) is 0 Å². The van der Waals surface area contributed by atoms with Gasteiger partial charge in [-0.25, -0.2) is 4.39 Å². The zero-order valence-corrected chi connectivity index (χ0v) is 11.7. The first kappa shape index (κ1) is 13.6. The minimum atomic E-state index is -0.381. The predicted octanol–water partition coefficient (Wildman–Crippen LogP) is 4.17. The number of nitriles is 1. The molecule has 0 saturated carbocycles. The average molecular weight is 320 g/mol. The van der Waals surface area contributed by atoms with E-state index < -0.39 is 0 Å². The van der Waals surface area contributed by atoms with Gasteiger partial charge in [0.2, 0.25) is 0 Å². The maximum Gasteiger partial charge on any atom is 0.165 e. The molecule has 0 spiro atoms. The number of halogens is 2. The van der Waals surface area contributed by atoms with E-state index in [9.17, 15) is 4.39 Å². The minimum Gasteiger partial charge on any atom is -0.486 e.